The van der Waals surface area contributed by atoms with Gasteiger partial charge in [0.2, 0.25) is 0 Å². The third kappa shape index (κ3) is 1.82. The van der Waals surface area contributed by atoms with Gasteiger partial charge in [0.25, 0.3) is 0 Å². The minimum Gasteiger partial charge on any atom is -0.496 e. The Balaban J connectivity index is 2.51. The molecular weight excluding hydrogens is 202 g/mol. The van der Waals surface area contributed by atoms with Crippen LogP contribution in [-0.4, -0.2) is 27.3 Å². The van der Waals surface area contributed by atoms with Gasteiger partial charge in [0.05, 0.1) is 19.3 Å². The summed E-state index contributed by atoms with van der Waals surface area (Å²) in [6.45, 7) is 6.03. The summed E-state index contributed by atoms with van der Waals surface area (Å²) in [5.41, 5.74) is 2.40. The second-order valence-electron chi connectivity index (χ2n) is 4.49. The molecule has 1 aromatic rings. The fourth-order valence-corrected chi connectivity index (χ4v) is 2.02. The van der Waals surface area contributed by atoms with Gasteiger partial charge in [-0.2, -0.15) is 0 Å². The summed E-state index contributed by atoms with van der Waals surface area (Å²) in [5, 5.41) is 0. The molecule has 2 rings (SSSR count). The van der Waals surface area contributed by atoms with Crippen molar-refractivity contribution in [1.29, 1.82) is 0 Å². The number of anilines is 1. The molecule has 0 amide bonds. The van der Waals surface area contributed by atoms with Crippen molar-refractivity contribution in [2.75, 3.05) is 32.2 Å². The van der Waals surface area contributed by atoms with Gasteiger partial charge in [-0.05, 0) is 17.5 Å². The molecule has 88 valence electrons. The first-order valence-corrected chi connectivity index (χ1v) is 5.69. The molecule has 0 N–H and O–H groups in total. The zero-order valence-electron chi connectivity index (χ0n) is 10.4. The molecule has 3 heteroatoms. The Morgan fingerprint density at radius 2 is 2.12 bits per heavy atom. The first kappa shape index (κ1) is 11.1. The molecule has 1 aliphatic rings. The van der Waals surface area contributed by atoms with E-state index in [1.165, 1.54) is 5.56 Å². The van der Waals surface area contributed by atoms with E-state index in [-0.39, 0.29) is 0 Å². The number of fused-ring (bicyclic) bond motifs is 1. The Hall–Kier alpha value is -1.38. The van der Waals surface area contributed by atoms with Crippen molar-refractivity contribution in [3.63, 3.8) is 0 Å². The second kappa shape index (κ2) is 4.24. The number of hydrogen-bond acceptors (Lipinski definition) is 3. The van der Waals surface area contributed by atoms with Crippen LogP contribution in [0.15, 0.2) is 12.1 Å². The van der Waals surface area contributed by atoms with Crippen molar-refractivity contribution >= 4 is 5.69 Å². The van der Waals surface area contributed by atoms with Gasteiger partial charge in [-0.15, -0.1) is 0 Å². The van der Waals surface area contributed by atoms with Gasteiger partial charge in [0, 0.05) is 13.1 Å². The second-order valence-corrected chi connectivity index (χ2v) is 4.49. The highest BCUT2D eigenvalue weighted by atomic mass is 16.5. The van der Waals surface area contributed by atoms with E-state index in [2.05, 4.69) is 31.9 Å². The van der Waals surface area contributed by atoms with Gasteiger partial charge in [-0.3, -0.25) is 0 Å². The maximum absolute atomic E-state index is 5.65. The summed E-state index contributed by atoms with van der Waals surface area (Å²) in [6.07, 6.45) is 0. The number of nitrogens with zero attached hydrogens (tertiary/aromatic N) is 1. The molecule has 3 nitrogen and oxygen atoms in total. The van der Waals surface area contributed by atoms with E-state index in [9.17, 15) is 0 Å². The predicted octanol–water partition coefficient (Wildman–Crippen LogP) is 2.65. The monoisotopic (exact) mass is 221 g/mol. The lowest BCUT2D eigenvalue weighted by Gasteiger charge is -2.29. The SMILES string of the molecule is COc1cc2c(cc1C(C)C)N(C)CCO2. The van der Waals surface area contributed by atoms with Crippen LogP contribution in [0.25, 0.3) is 0 Å². The van der Waals surface area contributed by atoms with Crippen LogP contribution in [0, 0.1) is 0 Å². The Kier molecular flexibility index (Phi) is 2.95. The zero-order valence-corrected chi connectivity index (χ0v) is 10.4. The predicted molar refractivity (Wildman–Crippen MR) is 65.8 cm³/mol. The van der Waals surface area contributed by atoms with Crippen LogP contribution in [0.4, 0.5) is 5.69 Å². The lowest BCUT2D eigenvalue weighted by molar-refractivity contribution is 0.308. The summed E-state index contributed by atoms with van der Waals surface area (Å²) >= 11 is 0. The first-order valence-electron chi connectivity index (χ1n) is 5.69. The molecule has 0 fully saturated rings. The molecule has 0 aromatic heterocycles. The standard InChI is InChI=1S/C13H19NO2/c1-9(2)10-7-11-13(8-12(10)15-4)16-6-5-14(11)3/h7-9H,5-6H2,1-4H3. The summed E-state index contributed by atoms with van der Waals surface area (Å²) < 4.78 is 11.1. The van der Waals surface area contributed by atoms with Crippen molar-refractivity contribution in [2.24, 2.45) is 0 Å². The van der Waals surface area contributed by atoms with Crippen molar-refractivity contribution < 1.29 is 9.47 Å². The van der Waals surface area contributed by atoms with Crippen LogP contribution in [0.1, 0.15) is 25.3 Å². The van der Waals surface area contributed by atoms with Gasteiger partial charge in [-0.1, -0.05) is 13.8 Å². The summed E-state index contributed by atoms with van der Waals surface area (Å²) in [6, 6.07) is 4.18. The maximum Gasteiger partial charge on any atom is 0.146 e. The summed E-state index contributed by atoms with van der Waals surface area (Å²) in [7, 11) is 3.80. The summed E-state index contributed by atoms with van der Waals surface area (Å²) in [4.78, 5) is 2.23. The number of rotatable bonds is 2. The summed E-state index contributed by atoms with van der Waals surface area (Å²) in [5.74, 6) is 2.30. The lowest BCUT2D eigenvalue weighted by atomic mass is 10.0. The van der Waals surface area contributed by atoms with E-state index in [0.717, 1.165) is 30.3 Å². The molecule has 0 saturated carbocycles. The first-order chi connectivity index (χ1) is 7.63. The van der Waals surface area contributed by atoms with E-state index in [4.69, 9.17) is 9.47 Å². The minimum absolute atomic E-state index is 0.454. The van der Waals surface area contributed by atoms with Crippen molar-refractivity contribution in [2.45, 2.75) is 19.8 Å². The fourth-order valence-electron chi connectivity index (χ4n) is 2.02. The Bertz CT molecular complexity index is 377. The van der Waals surface area contributed by atoms with Gasteiger partial charge in [-0.25, -0.2) is 0 Å². The molecule has 0 spiro atoms. The Labute approximate surface area is 97.0 Å². The van der Waals surface area contributed by atoms with Crippen molar-refractivity contribution in [1.82, 2.24) is 0 Å². The molecule has 16 heavy (non-hydrogen) atoms. The topological polar surface area (TPSA) is 21.7 Å². The normalized spacial score (nSPS) is 14.7. The van der Waals surface area contributed by atoms with Crippen LogP contribution < -0.4 is 14.4 Å². The minimum atomic E-state index is 0.454. The molecule has 0 aliphatic carbocycles. The third-order valence-corrected chi connectivity index (χ3v) is 3.03. The van der Waals surface area contributed by atoms with Crippen molar-refractivity contribution in [3.05, 3.63) is 17.7 Å². The van der Waals surface area contributed by atoms with Crippen LogP contribution in [0.2, 0.25) is 0 Å². The molecule has 1 heterocycles. The third-order valence-electron chi connectivity index (χ3n) is 3.03. The van der Waals surface area contributed by atoms with E-state index >= 15 is 0 Å². The Morgan fingerprint density at radius 1 is 1.38 bits per heavy atom. The number of methoxy groups -OCH3 is 1. The van der Waals surface area contributed by atoms with Gasteiger partial charge >= 0.3 is 0 Å². The van der Waals surface area contributed by atoms with Gasteiger partial charge in [0.1, 0.15) is 18.1 Å². The number of benzene rings is 1. The highest BCUT2D eigenvalue weighted by Crippen LogP contribution is 2.39. The fraction of sp³-hybridized carbons (Fsp3) is 0.538. The highest BCUT2D eigenvalue weighted by molar-refractivity contribution is 5.65. The van der Waals surface area contributed by atoms with Crippen LogP contribution in [0.5, 0.6) is 11.5 Å². The number of ether oxygens (including phenoxy) is 2. The lowest BCUT2D eigenvalue weighted by Crippen LogP contribution is -2.29. The largest absolute Gasteiger partial charge is 0.496 e. The number of hydrogen-bond donors (Lipinski definition) is 0. The molecule has 0 radical (unpaired) electrons. The Morgan fingerprint density at radius 3 is 2.75 bits per heavy atom. The quantitative estimate of drug-likeness (QED) is 0.766. The average Bonchev–Trinajstić information content (AvgIpc) is 2.27. The molecular formula is C13H19NO2. The smallest absolute Gasteiger partial charge is 0.146 e. The molecule has 0 atom stereocenters. The van der Waals surface area contributed by atoms with E-state index in [1.54, 1.807) is 7.11 Å². The van der Waals surface area contributed by atoms with E-state index < -0.39 is 0 Å². The van der Waals surface area contributed by atoms with Crippen LogP contribution >= 0.6 is 0 Å². The highest BCUT2D eigenvalue weighted by Gasteiger charge is 2.19. The number of likely N-dealkylation sites (N-methyl/N-ethyl adjacent to an activating group) is 1. The van der Waals surface area contributed by atoms with Crippen molar-refractivity contribution in [3.8, 4) is 11.5 Å². The van der Waals surface area contributed by atoms with Crippen LogP contribution in [0.3, 0.4) is 0 Å². The molecule has 0 bridgehead atoms. The van der Waals surface area contributed by atoms with Crippen LogP contribution in [-0.2, 0) is 0 Å². The maximum atomic E-state index is 5.65. The molecule has 0 saturated heterocycles. The molecule has 1 aromatic carbocycles. The average molecular weight is 221 g/mol. The van der Waals surface area contributed by atoms with Gasteiger partial charge < -0.3 is 14.4 Å². The van der Waals surface area contributed by atoms with E-state index in [1.807, 2.05) is 6.07 Å². The van der Waals surface area contributed by atoms with E-state index in [0.29, 0.717) is 5.92 Å². The zero-order chi connectivity index (χ0) is 11.7. The molecule has 1 aliphatic heterocycles. The van der Waals surface area contributed by atoms with Gasteiger partial charge in [0.15, 0.2) is 0 Å². The molecule has 0 unspecified atom stereocenters.